The van der Waals surface area contributed by atoms with Crippen molar-refractivity contribution in [3.63, 3.8) is 0 Å². The Balaban J connectivity index is 2.21. The molecular formula is C27H46N2O4. The Morgan fingerprint density at radius 1 is 0.818 bits per heavy atom. The maximum Gasteiger partial charge on any atom is 0.251 e. The van der Waals surface area contributed by atoms with Crippen molar-refractivity contribution in [2.24, 2.45) is 0 Å². The topological polar surface area (TPSA) is 76.7 Å². The zero-order valence-corrected chi connectivity index (χ0v) is 21.2. The van der Waals surface area contributed by atoms with Crippen molar-refractivity contribution in [3.8, 4) is 5.75 Å². The van der Waals surface area contributed by atoms with Gasteiger partial charge in [-0.05, 0) is 24.6 Å². The summed E-state index contributed by atoms with van der Waals surface area (Å²) in [6, 6.07) is 5.04. The maximum atomic E-state index is 12.4. The van der Waals surface area contributed by atoms with Crippen LogP contribution in [-0.4, -0.2) is 39.2 Å². The van der Waals surface area contributed by atoms with Gasteiger partial charge in [-0.3, -0.25) is 9.59 Å². The molecule has 1 rings (SSSR count). The van der Waals surface area contributed by atoms with E-state index in [1.165, 1.54) is 70.6 Å². The van der Waals surface area contributed by atoms with E-state index < -0.39 is 0 Å². The van der Waals surface area contributed by atoms with Crippen molar-refractivity contribution >= 4 is 17.5 Å². The molecule has 0 aromatic heterocycles. The molecule has 0 bridgehead atoms. The molecule has 188 valence electrons. The Hall–Kier alpha value is -2.08. The lowest BCUT2D eigenvalue weighted by Crippen LogP contribution is -2.27. The average molecular weight is 463 g/mol. The number of methoxy groups -OCH3 is 2. The molecule has 0 fully saturated rings. The molecule has 0 saturated heterocycles. The molecule has 2 N–H and O–H groups in total. The molecule has 0 spiro atoms. The number of unbranched alkanes of at least 4 members (excludes halogenated alkanes) is 12. The van der Waals surface area contributed by atoms with Crippen LogP contribution in [0.2, 0.25) is 0 Å². The largest absolute Gasteiger partial charge is 0.495 e. The summed E-state index contributed by atoms with van der Waals surface area (Å²) < 4.78 is 10.3. The monoisotopic (exact) mass is 462 g/mol. The third-order valence-corrected chi connectivity index (χ3v) is 5.83. The lowest BCUT2D eigenvalue weighted by atomic mass is 10.0. The van der Waals surface area contributed by atoms with Gasteiger partial charge in [-0.1, -0.05) is 84.0 Å². The summed E-state index contributed by atoms with van der Waals surface area (Å²) in [4.78, 5) is 24.6. The molecular weight excluding hydrogens is 416 g/mol. The van der Waals surface area contributed by atoms with Gasteiger partial charge in [0.2, 0.25) is 5.91 Å². The molecule has 1 aromatic carbocycles. The van der Waals surface area contributed by atoms with Crippen LogP contribution in [0.5, 0.6) is 5.75 Å². The zero-order chi connectivity index (χ0) is 24.2. The number of carbonyl (C=O) groups is 2. The van der Waals surface area contributed by atoms with E-state index in [1.54, 1.807) is 32.4 Å². The van der Waals surface area contributed by atoms with Crippen LogP contribution < -0.4 is 15.4 Å². The fourth-order valence-electron chi connectivity index (χ4n) is 3.83. The van der Waals surface area contributed by atoms with E-state index in [4.69, 9.17) is 9.47 Å². The Labute approximate surface area is 201 Å². The summed E-state index contributed by atoms with van der Waals surface area (Å²) in [6.07, 6.45) is 17.1. The van der Waals surface area contributed by atoms with Crippen molar-refractivity contribution in [2.75, 3.05) is 32.7 Å². The Bertz CT molecular complexity index is 664. The maximum absolute atomic E-state index is 12.4. The number of benzene rings is 1. The highest BCUT2D eigenvalue weighted by Gasteiger charge is 2.12. The molecule has 6 heteroatoms. The summed E-state index contributed by atoms with van der Waals surface area (Å²) in [7, 11) is 3.14. The standard InChI is InChI=1S/C27H46N2O4/c1-4-5-6-7-8-9-10-11-12-13-14-15-16-17-26(30)29-24-22-23(18-19-25(24)33-3)27(31)28-20-21-32-2/h18-19,22H,4-17,20-21H2,1-3H3,(H,28,31)(H,29,30). The molecule has 0 heterocycles. The van der Waals surface area contributed by atoms with Gasteiger partial charge in [0.05, 0.1) is 19.4 Å². The molecule has 0 aliphatic heterocycles. The van der Waals surface area contributed by atoms with Gasteiger partial charge in [0.15, 0.2) is 0 Å². The van der Waals surface area contributed by atoms with Crippen LogP contribution in [0, 0.1) is 0 Å². The first-order valence-electron chi connectivity index (χ1n) is 12.9. The van der Waals surface area contributed by atoms with E-state index in [2.05, 4.69) is 17.6 Å². The summed E-state index contributed by atoms with van der Waals surface area (Å²) >= 11 is 0. The van der Waals surface area contributed by atoms with E-state index in [-0.39, 0.29) is 11.8 Å². The number of nitrogens with one attached hydrogen (secondary N) is 2. The number of rotatable bonds is 20. The Morgan fingerprint density at radius 2 is 1.39 bits per heavy atom. The second-order valence-corrected chi connectivity index (χ2v) is 8.70. The van der Waals surface area contributed by atoms with Gasteiger partial charge in [0.1, 0.15) is 5.75 Å². The Morgan fingerprint density at radius 3 is 1.94 bits per heavy atom. The molecule has 0 radical (unpaired) electrons. The van der Waals surface area contributed by atoms with Gasteiger partial charge in [-0.25, -0.2) is 0 Å². The highest BCUT2D eigenvalue weighted by atomic mass is 16.5. The number of anilines is 1. The van der Waals surface area contributed by atoms with Crippen LogP contribution in [0.4, 0.5) is 5.69 Å². The van der Waals surface area contributed by atoms with E-state index in [1.807, 2.05) is 0 Å². The van der Waals surface area contributed by atoms with Crippen molar-refractivity contribution in [1.29, 1.82) is 0 Å². The fourth-order valence-corrected chi connectivity index (χ4v) is 3.83. The molecule has 2 amide bonds. The Kier molecular flexibility index (Phi) is 17.0. The summed E-state index contributed by atoms with van der Waals surface area (Å²) in [5.41, 5.74) is 1.000. The second kappa shape index (κ2) is 19.4. The number of carbonyl (C=O) groups excluding carboxylic acids is 2. The quantitative estimate of drug-likeness (QED) is 0.217. The van der Waals surface area contributed by atoms with Gasteiger partial charge in [0, 0.05) is 25.6 Å². The molecule has 0 unspecified atom stereocenters. The van der Waals surface area contributed by atoms with Crippen LogP contribution in [0.15, 0.2) is 18.2 Å². The summed E-state index contributed by atoms with van der Waals surface area (Å²) in [5.74, 6) is 0.289. The number of hydrogen-bond acceptors (Lipinski definition) is 4. The molecule has 33 heavy (non-hydrogen) atoms. The van der Waals surface area contributed by atoms with Gasteiger partial charge in [-0.2, -0.15) is 0 Å². The van der Waals surface area contributed by atoms with E-state index in [9.17, 15) is 9.59 Å². The minimum atomic E-state index is -0.207. The first kappa shape index (κ1) is 29.0. The number of ether oxygens (including phenoxy) is 2. The van der Waals surface area contributed by atoms with Crippen LogP contribution in [-0.2, 0) is 9.53 Å². The lowest BCUT2D eigenvalue weighted by Gasteiger charge is -2.12. The highest BCUT2D eigenvalue weighted by Crippen LogP contribution is 2.26. The van der Waals surface area contributed by atoms with Crippen molar-refractivity contribution < 1.29 is 19.1 Å². The second-order valence-electron chi connectivity index (χ2n) is 8.70. The number of amides is 2. The average Bonchev–Trinajstić information content (AvgIpc) is 2.82. The van der Waals surface area contributed by atoms with Crippen LogP contribution in [0.3, 0.4) is 0 Å². The van der Waals surface area contributed by atoms with Crippen LogP contribution >= 0.6 is 0 Å². The van der Waals surface area contributed by atoms with Crippen LogP contribution in [0.1, 0.15) is 107 Å². The van der Waals surface area contributed by atoms with E-state index in [0.29, 0.717) is 36.6 Å². The van der Waals surface area contributed by atoms with Crippen molar-refractivity contribution in [2.45, 2.75) is 96.8 Å². The smallest absolute Gasteiger partial charge is 0.251 e. The molecule has 0 aliphatic carbocycles. The van der Waals surface area contributed by atoms with E-state index >= 15 is 0 Å². The van der Waals surface area contributed by atoms with Crippen molar-refractivity contribution in [1.82, 2.24) is 5.32 Å². The first-order valence-corrected chi connectivity index (χ1v) is 12.9. The third-order valence-electron chi connectivity index (χ3n) is 5.83. The summed E-state index contributed by atoms with van der Waals surface area (Å²) in [6.45, 7) is 3.14. The number of hydrogen-bond donors (Lipinski definition) is 2. The van der Waals surface area contributed by atoms with Gasteiger partial charge >= 0.3 is 0 Å². The van der Waals surface area contributed by atoms with Gasteiger partial charge in [0.25, 0.3) is 5.91 Å². The molecule has 0 aliphatic rings. The molecule has 0 atom stereocenters. The molecule has 6 nitrogen and oxygen atoms in total. The lowest BCUT2D eigenvalue weighted by molar-refractivity contribution is -0.116. The van der Waals surface area contributed by atoms with Crippen molar-refractivity contribution in [3.05, 3.63) is 23.8 Å². The van der Waals surface area contributed by atoms with Gasteiger partial charge in [-0.15, -0.1) is 0 Å². The van der Waals surface area contributed by atoms with Crippen LogP contribution in [0.25, 0.3) is 0 Å². The predicted octanol–water partition coefficient (Wildman–Crippen LogP) is 6.49. The predicted molar refractivity (Wildman–Crippen MR) is 136 cm³/mol. The minimum Gasteiger partial charge on any atom is -0.495 e. The molecule has 0 saturated carbocycles. The minimum absolute atomic E-state index is 0.0479. The summed E-state index contributed by atoms with van der Waals surface area (Å²) in [5, 5.41) is 5.68. The first-order chi connectivity index (χ1) is 16.1. The zero-order valence-electron chi connectivity index (χ0n) is 21.2. The molecule has 1 aromatic rings. The highest BCUT2D eigenvalue weighted by molar-refractivity contribution is 5.98. The fraction of sp³-hybridized carbons (Fsp3) is 0.704. The normalized spacial score (nSPS) is 10.8. The SMILES string of the molecule is CCCCCCCCCCCCCCCC(=O)Nc1cc(C(=O)NCCOC)ccc1OC. The van der Waals surface area contributed by atoms with Gasteiger partial charge < -0.3 is 20.1 Å². The third kappa shape index (κ3) is 13.9. The van der Waals surface area contributed by atoms with E-state index in [0.717, 1.165) is 12.8 Å².